The second kappa shape index (κ2) is 7.92. The summed E-state index contributed by atoms with van der Waals surface area (Å²) in [7, 11) is 2.57. The molecular formula is C20H21FO4. The molecule has 0 amide bonds. The third-order valence-electron chi connectivity index (χ3n) is 4.23. The minimum Gasteiger partial charge on any atom is -0.497 e. The van der Waals surface area contributed by atoms with Gasteiger partial charge >= 0.3 is 5.97 Å². The Morgan fingerprint density at radius 3 is 2.32 bits per heavy atom. The monoisotopic (exact) mass is 344 g/mol. The van der Waals surface area contributed by atoms with E-state index < -0.39 is 23.3 Å². The fraction of sp³-hybridized carbons (Fsp3) is 0.300. The topological polar surface area (TPSA) is 52.6 Å². The zero-order valence-corrected chi connectivity index (χ0v) is 14.5. The van der Waals surface area contributed by atoms with Gasteiger partial charge in [0.05, 0.1) is 14.2 Å². The predicted octanol–water partition coefficient (Wildman–Crippen LogP) is 3.95. The van der Waals surface area contributed by atoms with Gasteiger partial charge in [0.15, 0.2) is 0 Å². The maximum atomic E-state index is 16.0. The number of hydrogen-bond donors (Lipinski definition) is 0. The number of esters is 1. The highest BCUT2D eigenvalue weighted by molar-refractivity contribution is 6.16. The molecule has 0 fully saturated rings. The van der Waals surface area contributed by atoms with Crippen molar-refractivity contribution >= 4 is 11.8 Å². The van der Waals surface area contributed by atoms with Crippen LogP contribution in [0.15, 0.2) is 54.6 Å². The molecule has 25 heavy (non-hydrogen) atoms. The van der Waals surface area contributed by atoms with Crippen LogP contribution in [0.5, 0.6) is 5.75 Å². The van der Waals surface area contributed by atoms with E-state index in [-0.39, 0.29) is 12.0 Å². The van der Waals surface area contributed by atoms with Crippen LogP contribution in [0.2, 0.25) is 0 Å². The maximum Gasteiger partial charge on any atom is 0.352 e. The van der Waals surface area contributed by atoms with E-state index in [0.29, 0.717) is 11.3 Å². The van der Waals surface area contributed by atoms with Crippen molar-refractivity contribution in [3.8, 4) is 5.75 Å². The highest BCUT2D eigenvalue weighted by Gasteiger charge is 2.54. The molecule has 0 radical (unpaired) electrons. The van der Waals surface area contributed by atoms with Gasteiger partial charge in [-0.25, -0.2) is 9.18 Å². The predicted molar refractivity (Wildman–Crippen MR) is 92.7 cm³/mol. The van der Waals surface area contributed by atoms with Crippen molar-refractivity contribution in [3.05, 3.63) is 65.7 Å². The summed E-state index contributed by atoms with van der Waals surface area (Å²) in [5, 5.41) is 0. The number of hydrogen-bond acceptors (Lipinski definition) is 4. The first-order valence-corrected chi connectivity index (χ1v) is 8.00. The first-order chi connectivity index (χ1) is 12.0. The lowest BCUT2D eigenvalue weighted by Gasteiger charge is -2.30. The molecule has 0 spiro atoms. The number of methoxy groups -OCH3 is 2. The molecule has 5 heteroatoms. The molecule has 0 aliphatic heterocycles. The molecule has 2 atom stereocenters. The first kappa shape index (κ1) is 18.6. The minimum atomic E-state index is -2.82. The molecule has 0 unspecified atom stereocenters. The van der Waals surface area contributed by atoms with Crippen LogP contribution in [0.3, 0.4) is 0 Å². The minimum absolute atomic E-state index is 0.122. The lowest BCUT2D eigenvalue weighted by atomic mass is 9.77. The van der Waals surface area contributed by atoms with E-state index in [1.165, 1.54) is 19.2 Å². The van der Waals surface area contributed by atoms with Crippen LogP contribution < -0.4 is 4.74 Å². The van der Waals surface area contributed by atoms with E-state index >= 15 is 4.39 Å². The molecule has 132 valence electrons. The summed E-state index contributed by atoms with van der Waals surface area (Å²) in [6.45, 7) is 1.72. The summed E-state index contributed by atoms with van der Waals surface area (Å²) in [4.78, 5) is 25.2. The number of alkyl halides is 1. The van der Waals surface area contributed by atoms with E-state index in [9.17, 15) is 9.59 Å². The molecule has 0 aromatic heterocycles. The van der Waals surface area contributed by atoms with E-state index in [2.05, 4.69) is 4.74 Å². The van der Waals surface area contributed by atoms with Gasteiger partial charge in [-0.1, -0.05) is 49.4 Å². The largest absolute Gasteiger partial charge is 0.497 e. The lowest BCUT2D eigenvalue weighted by molar-refractivity contribution is -0.152. The molecule has 4 nitrogen and oxygen atoms in total. The van der Waals surface area contributed by atoms with Gasteiger partial charge < -0.3 is 9.47 Å². The van der Waals surface area contributed by atoms with Crippen LogP contribution in [-0.4, -0.2) is 31.6 Å². The Morgan fingerprint density at radius 2 is 1.76 bits per heavy atom. The average molecular weight is 344 g/mol. The second-order valence-corrected chi connectivity index (χ2v) is 5.64. The molecule has 0 aliphatic rings. The summed E-state index contributed by atoms with van der Waals surface area (Å²) in [5.41, 5.74) is -2.20. The molecular weight excluding hydrogens is 323 g/mol. The van der Waals surface area contributed by atoms with Crippen molar-refractivity contribution in [2.75, 3.05) is 14.2 Å². The third-order valence-corrected chi connectivity index (χ3v) is 4.23. The summed E-state index contributed by atoms with van der Waals surface area (Å²) in [6.07, 6.45) is 0.233. The van der Waals surface area contributed by atoms with Crippen molar-refractivity contribution in [2.45, 2.75) is 24.9 Å². The zero-order chi connectivity index (χ0) is 18.4. The van der Waals surface area contributed by atoms with Gasteiger partial charge in [-0.05, 0) is 24.1 Å². The maximum absolute atomic E-state index is 16.0. The second-order valence-electron chi connectivity index (χ2n) is 5.64. The van der Waals surface area contributed by atoms with Crippen molar-refractivity contribution in [2.24, 2.45) is 0 Å². The fourth-order valence-electron chi connectivity index (χ4n) is 2.95. The molecule has 2 aromatic rings. The number of benzene rings is 2. The molecule has 2 rings (SSSR count). The Labute approximate surface area is 146 Å². The summed E-state index contributed by atoms with van der Waals surface area (Å²) in [5.74, 6) is -2.58. The standard InChI is InChI=1S/C20H21FO4/c1-4-17(15-11-8-12-16(13-15)24-2)20(21,19(23)25-3)18(22)14-9-6-5-7-10-14/h5-13,17H,4H2,1-3H3/t17-,20+/m0/s1. The number of halogens is 1. The Balaban J connectivity index is 2.57. The van der Waals surface area contributed by atoms with Crippen molar-refractivity contribution in [1.82, 2.24) is 0 Å². The fourth-order valence-corrected chi connectivity index (χ4v) is 2.95. The quantitative estimate of drug-likeness (QED) is 0.433. The third kappa shape index (κ3) is 3.55. The van der Waals surface area contributed by atoms with Crippen LogP contribution in [0, 0.1) is 0 Å². The van der Waals surface area contributed by atoms with Gasteiger partial charge in [0.2, 0.25) is 5.78 Å². The van der Waals surface area contributed by atoms with Gasteiger partial charge in [-0.15, -0.1) is 0 Å². The van der Waals surface area contributed by atoms with Crippen LogP contribution in [0.4, 0.5) is 4.39 Å². The number of carbonyl (C=O) groups excluding carboxylic acids is 2. The zero-order valence-electron chi connectivity index (χ0n) is 14.5. The van der Waals surface area contributed by atoms with Gasteiger partial charge in [-0.3, -0.25) is 4.79 Å². The van der Waals surface area contributed by atoms with Crippen LogP contribution >= 0.6 is 0 Å². The summed E-state index contributed by atoms with van der Waals surface area (Å²) < 4.78 is 25.8. The number of carbonyl (C=O) groups is 2. The van der Waals surface area contributed by atoms with Crippen molar-refractivity contribution in [1.29, 1.82) is 0 Å². The molecule has 0 heterocycles. The summed E-state index contributed by atoms with van der Waals surface area (Å²) >= 11 is 0. The smallest absolute Gasteiger partial charge is 0.352 e. The Kier molecular flexibility index (Phi) is 5.91. The number of rotatable bonds is 7. The van der Waals surface area contributed by atoms with Crippen LogP contribution in [-0.2, 0) is 9.53 Å². The van der Waals surface area contributed by atoms with E-state index in [1.54, 1.807) is 49.4 Å². The van der Waals surface area contributed by atoms with E-state index in [4.69, 9.17) is 4.74 Å². The van der Waals surface area contributed by atoms with E-state index in [1.807, 2.05) is 0 Å². The molecule has 0 aliphatic carbocycles. The highest BCUT2D eigenvalue weighted by atomic mass is 19.1. The lowest BCUT2D eigenvalue weighted by Crippen LogP contribution is -2.48. The van der Waals surface area contributed by atoms with Crippen molar-refractivity contribution < 1.29 is 23.5 Å². The first-order valence-electron chi connectivity index (χ1n) is 8.00. The highest BCUT2D eigenvalue weighted by Crippen LogP contribution is 2.39. The SMILES string of the molecule is CC[C@@H](c1cccc(OC)c1)[C@](F)(C(=O)OC)C(=O)c1ccccc1. The number of ether oxygens (including phenoxy) is 2. The molecule has 2 aromatic carbocycles. The van der Waals surface area contributed by atoms with Crippen molar-refractivity contribution in [3.63, 3.8) is 0 Å². The molecule has 0 bridgehead atoms. The Morgan fingerprint density at radius 1 is 1.08 bits per heavy atom. The normalized spacial score (nSPS) is 14.2. The Bertz CT molecular complexity index is 744. The van der Waals surface area contributed by atoms with E-state index in [0.717, 1.165) is 7.11 Å². The number of Topliss-reactive ketones (excluding diaryl/α,β-unsaturated/α-hetero) is 1. The number of ketones is 1. The van der Waals surface area contributed by atoms with Gasteiger partial charge in [0, 0.05) is 11.5 Å². The van der Waals surface area contributed by atoms with Gasteiger partial charge in [0.25, 0.3) is 5.67 Å². The summed E-state index contributed by atoms with van der Waals surface area (Å²) in [6, 6.07) is 14.6. The van der Waals surface area contributed by atoms with Gasteiger partial charge in [0.1, 0.15) is 5.75 Å². The molecule has 0 N–H and O–H groups in total. The molecule has 0 saturated carbocycles. The molecule has 0 saturated heterocycles. The van der Waals surface area contributed by atoms with Gasteiger partial charge in [-0.2, -0.15) is 0 Å². The van der Waals surface area contributed by atoms with Crippen LogP contribution in [0.1, 0.15) is 35.2 Å². The Hall–Kier alpha value is -2.69. The van der Waals surface area contributed by atoms with Crippen LogP contribution in [0.25, 0.3) is 0 Å². The average Bonchev–Trinajstić information content (AvgIpc) is 2.67.